The number of fused-ring (bicyclic) bond motifs is 1. The summed E-state index contributed by atoms with van der Waals surface area (Å²) < 4.78 is 42.7. The Hall–Kier alpha value is -3.88. The van der Waals surface area contributed by atoms with Crippen LogP contribution >= 0.6 is 0 Å². The Labute approximate surface area is 168 Å². The summed E-state index contributed by atoms with van der Waals surface area (Å²) in [5.41, 5.74) is 0.552. The normalized spacial score (nSPS) is 11.0. The predicted octanol–water partition coefficient (Wildman–Crippen LogP) is 2.92. The molecule has 4 aromatic rings. The van der Waals surface area contributed by atoms with Crippen LogP contribution in [0.1, 0.15) is 5.56 Å². The third-order valence-electron chi connectivity index (χ3n) is 4.56. The highest BCUT2D eigenvalue weighted by atomic mass is 19.1. The van der Waals surface area contributed by atoms with Gasteiger partial charge >= 0.3 is 5.69 Å². The van der Waals surface area contributed by atoms with Gasteiger partial charge in [-0.2, -0.15) is 0 Å². The molecule has 0 atom stereocenters. The molecule has 2 aromatic heterocycles. The monoisotopic (exact) mass is 412 g/mol. The molecule has 0 fully saturated rings. The molecular formula is C21H15F3N4O2. The molecule has 0 saturated carbocycles. The van der Waals surface area contributed by atoms with E-state index in [4.69, 9.17) is 0 Å². The number of hydrogen-bond donors (Lipinski definition) is 1. The lowest BCUT2D eigenvalue weighted by atomic mass is 10.2. The van der Waals surface area contributed by atoms with E-state index in [1.54, 1.807) is 12.1 Å². The van der Waals surface area contributed by atoms with Crippen molar-refractivity contribution in [1.29, 1.82) is 0 Å². The minimum absolute atomic E-state index is 0.00824. The van der Waals surface area contributed by atoms with Crippen molar-refractivity contribution in [1.82, 2.24) is 19.4 Å². The molecule has 152 valence electrons. The van der Waals surface area contributed by atoms with Gasteiger partial charge in [-0.25, -0.2) is 27.5 Å². The van der Waals surface area contributed by atoms with E-state index in [-0.39, 0.29) is 18.7 Å². The molecule has 6 nitrogen and oxygen atoms in total. The molecule has 1 amide bonds. The summed E-state index contributed by atoms with van der Waals surface area (Å²) in [6.07, 6.45) is 1.50. The summed E-state index contributed by atoms with van der Waals surface area (Å²) in [7, 11) is 0. The Bertz CT molecular complexity index is 1300. The summed E-state index contributed by atoms with van der Waals surface area (Å²) in [5, 5.41) is 2.48. The molecule has 0 aliphatic rings. The van der Waals surface area contributed by atoms with Crippen molar-refractivity contribution in [2.75, 3.05) is 0 Å². The first-order valence-corrected chi connectivity index (χ1v) is 8.97. The second-order valence-electron chi connectivity index (χ2n) is 6.54. The molecule has 2 aromatic carbocycles. The van der Waals surface area contributed by atoms with E-state index >= 15 is 0 Å². The molecular weight excluding hydrogens is 397 g/mol. The highest BCUT2D eigenvalue weighted by Gasteiger charge is 2.18. The summed E-state index contributed by atoms with van der Waals surface area (Å²) in [4.78, 5) is 29.6. The van der Waals surface area contributed by atoms with E-state index in [0.29, 0.717) is 16.9 Å². The largest absolute Gasteiger partial charge is 0.350 e. The van der Waals surface area contributed by atoms with E-state index in [0.717, 1.165) is 18.2 Å². The van der Waals surface area contributed by atoms with Crippen molar-refractivity contribution in [3.8, 4) is 5.69 Å². The van der Waals surface area contributed by atoms with Gasteiger partial charge in [-0.1, -0.05) is 0 Å². The smallest absolute Gasteiger partial charge is 0.335 e. The van der Waals surface area contributed by atoms with Crippen LogP contribution in [0.5, 0.6) is 0 Å². The van der Waals surface area contributed by atoms with Gasteiger partial charge in [0.05, 0.1) is 11.2 Å². The first-order valence-electron chi connectivity index (χ1n) is 8.97. The number of halogens is 3. The second-order valence-corrected chi connectivity index (χ2v) is 6.54. The third-order valence-corrected chi connectivity index (χ3v) is 4.56. The summed E-state index contributed by atoms with van der Waals surface area (Å²) in [6.45, 7) is -0.585. The molecule has 1 N–H and O–H groups in total. The summed E-state index contributed by atoms with van der Waals surface area (Å²) >= 11 is 0. The standard InChI is InChI=1S/C21H15F3N4O2/c22-14-3-6-16(7-4-14)28-20-18(2-1-9-25-20)27(21(28)30)12-19(29)26-11-13-10-15(23)5-8-17(13)24/h1-10H,11-12H2,(H,26,29). The molecule has 0 bridgehead atoms. The van der Waals surface area contributed by atoms with Crippen LogP contribution in [0, 0.1) is 17.5 Å². The van der Waals surface area contributed by atoms with Crippen LogP contribution in [0.2, 0.25) is 0 Å². The van der Waals surface area contributed by atoms with Crippen molar-refractivity contribution in [2.24, 2.45) is 0 Å². The van der Waals surface area contributed by atoms with E-state index in [1.807, 2.05) is 0 Å². The molecule has 0 aliphatic heterocycles. The van der Waals surface area contributed by atoms with Gasteiger partial charge in [0, 0.05) is 18.3 Å². The Morgan fingerprint density at radius 2 is 1.73 bits per heavy atom. The molecule has 0 radical (unpaired) electrons. The van der Waals surface area contributed by atoms with E-state index in [1.165, 1.54) is 39.6 Å². The fourth-order valence-corrected chi connectivity index (χ4v) is 3.13. The number of hydrogen-bond acceptors (Lipinski definition) is 3. The number of nitrogens with one attached hydrogen (secondary N) is 1. The Morgan fingerprint density at radius 3 is 2.50 bits per heavy atom. The van der Waals surface area contributed by atoms with Crippen LogP contribution < -0.4 is 11.0 Å². The molecule has 0 aliphatic carbocycles. The maximum Gasteiger partial charge on any atom is 0.335 e. The van der Waals surface area contributed by atoms with Crippen LogP contribution in [0.25, 0.3) is 16.9 Å². The number of carbonyl (C=O) groups is 1. The fraction of sp³-hybridized carbons (Fsp3) is 0.0952. The van der Waals surface area contributed by atoms with Crippen molar-refractivity contribution in [3.63, 3.8) is 0 Å². The molecule has 0 unspecified atom stereocenters. The maximum atomic E-state index is 13.7. The SMILES string of the molecule is O=C(Cn1c(=O)n(-c2ccc(F)cc2)c2ncccc21)NCc1cc(F)ccc1F. The molecule has 0 saturated heterocycles. The van der Waals surface area contributed by atoms with E-state index in [2.05, 4.69) is 10.3 Å². The van der Waals surface area contributed by atoms with Crippen LogP contribution in [0.3, 0.4) is 0 Å². The van der Waals surface area contributed by atoms with Gasteiger partial charge in [0.15, 0.2) is 5.65 Å². The molecule has 2 heterocycles. The van der Waals surface area contributed by atoms with Gasteiger partial charge < -0.3 is 5.32 Å². The zero-order chi connectivity index (χ0) is 21.3. The minimum atomic E-state index is -0.647. The first-order chi connectivity index (χ1) is 14.4. The van der Waals surface area contributed by atoms with Crippen LogP contribution in [0.15, 0.2) is 65.6 Å². The minimum Gasteiger partial charge on any atom is -0.350 e. The van der Waals surface area contributed by atoms with Crippen LogP contribution in [0.4, 0.5) is 13.2 Å². The van der Waals surface area contributed by atoms with Crippen molar-refractivity contribution < 1.29 is 18.0 Å². The molecule has 30 heavy (non-hydrogen) atoms. The lowest BCUT2D eigenvalue weighted by Crippen LogP contribution is -2.32. The zero-order valence-corrected chi connectivity index (χ0v) is 15.5. The van der Waals surface area contributed by atoms with E-state index < -0.39 is 29.0 Å². The molecule has 0 spiro atoms. The first kappa shape index (κ1) is 19.4. The number of pyridine rings is 1. The van der Waals surface area contributed by atoms with Gasteiger partial charge in [-0.3, -0.25) is 9.36 Å². The van der Waals surface area contributed by atoms with Crippen molar-refractivity contribution in [2.45, 2.75) is 13.1 Å². The average molecular weight is 412 g/mol. The summed E-state index contributed by atoms with van der Waals surface area (Å²) in [5.74, 6) is -2.29. The van der Waals surface area contributed by atoms with Gasteiger partial charge in [-0.15, -0.1) is 0 Å². The van der Waals surface area contributed by atoms with Crippen LogP contribution in [-0.4, -0.2) is 20.0 Å². The van der Waals surface area contributed by atoms with Gasteiger partial charge in [0.2, 0.25) is 5.91 Å². The number of carbonyl (C=O) groups excluding carboxylic acids is 1. The number of nitrogens with zero attached hydrogens (tertiary/aromatic N) is 3. The van der Waals surface area contributed by atoms with Crippen molar-refractivity contribution >= 4 is 17.1 Å². The Morgan fingerprint density at radius 1 is 1.00 bits per heavy atom. The van der Waals surface area contributed by atoms with Gasteiger partial charge in [0.1, 0.15) is 24.0 Å². The molecule has 4 rings (SSSR count). The number of aromatic nitrogens is 3. The zero-order valence-electron chi connectivity index (χ0n) is 15.5. The highest BCUT2D eigenvalue weighted by molar-refractivity contribution is 5.80. The average Bonchev–Trinajstić information content (AvgIpc) is 3.01. The topological polar surface area (TPSA) is 68.9 Å². The summed E-state index contributed by atoms with van der Waals surface area (Å²) in [6, 6.07) is 11.5. The quantitative estimate of drug-likeness (QED) is 0.548. The van der Waals surface area contributed by atoms with Gasteiger partial charge in [-0.05, 0) is 54.6 Å². The van der Waals surface area contributed by atoms with Crippen LogP contribution in [-0.2, 0) is 17.9 Å². The maximum absolute atomic E-state index is 13.7. The number of amides is 1. The van der Waals surface area contributed by atoms with Crippen molar-refractivity contribution in [3.05, 3.63) is 94.3 Å². The number of rotatable bonds is 5. The number of imidazole rings is 1. The Balaban J connectivity index is 1.64. The number of benzene rings is 2. The highest BCUT2D eigenvalue weighted by Crippen LogP contribution is 2.16. The lowest BCUT2D eigenvalue weighted by Gasteiger charge is -2.07. The third kappa shape index (κ3) is 3.69. The Kier molecular flexibility index (Phi) is 5.09. The second kappa shape index (κ2) is 7.86. The van der Waals surface area contributed by atoms with E-state index in [9.17, 15) is 22.8 Å². The van der Waals surface area contributed by atoms with Gasteiger partial charge in [0.25, 0.3) is 0 Å². The predicted molar refractivity (Wildman–Crippen MR) is 103 cm³/mol. The lowest BCUT2D eigenvalue weighted by molar-refractivity contribution is -0.121. The molecule has 9 heteroatoms. The fourth-order valence-electron chi connectivity index (χ4n) is 3.13.